The first-order chi connectivity index (χ1) is 8.11. The highest BCUT2D eigenvalue weighted by atomic mass is 19.1. The van der Waals surface area contributed by atoms with Gasteiger partial charge < -0.3 is 5.73 Å². The smallest absolute Gasteiger partial charge is 0.123 e. The molecule has 0 bridgehead atoms. The number of rotatable bonds is 2. The van der Waals surface area contributed by atoms with Crippen LogP contribution in [0.1, 0.15) is 16.7 Å². The molecule has 0 spiro atoms. The summed E-state index contributed by atoms with van der Waals surface area (Å²) in [5, 5.41) is 0. The molecule has 0 aliphatic rings. The molecule has 0 saturated carbocycles. The molecule has 2 aromatic carbocycles. The molecule has 2 heteroatoms. The second-order valence-electron chi connectivity index (χ2n) is 4.32. The Kier molecular flexibility index (Phi) is 3.25. The Hall–Kier alpha value is -1.67. The van der Waals surface area contributed by atoms with Gasteiger partial charge in [0, 0.05) is 6.54 Å². The largest absolute Gasteiger partial charge is 0.326 e. The molecule has 0 heterocycles. The molecule has 2 rings (SSSR count). The van der Waals surface area contributed by atoms with E-state index in [0.29, 0.717) is 6.54 Å². The van der Waals surface area contributed by atoms with E-state index in [-0.39, 0.29) is 5.82 Å². The van der Waals surface area contributed by atoms with E-state index in [1.165, 1.54) is 6.07 Å². The normalized spacial score (nSPS) is 10.6. The van der Waals surface area contributed by atoms with Gasteiger partial charge in [-0.15, -0.1) is 0 Å². The number of hydrogen-bond donors (Lipinski definition) is 1. The van der Waals surface area contributed by atoms with E-state index in [9.17, 15) is 4.39 Å². The van der Waals surface area contributed by atoms with Crippen LogP contribution in [0, 0.1) is 19.7 Å². The maximum Gasteiger partial charge on any atom is 0.123 e. The second-order valence-corrected chi connectivity index (χ2v) is 4.32. The highest BCUT2D eigenvalue weighted by Crippen LogP contribution is 2.28. The summed E-state index contributed by atoms with van der Waals surface area (Å²) in [6, 6.07) is 11.0. The topological polar surface area (TPSA) is 26.0 Å². The molecule has 0 amide bonds. The average Bonchev–Trinajstić information content (AvgIpc) is 2.32. The van der Waals surface area contributed by atoms with Gasteiger partial charge in [-0.25, -0.2) is 4.39 Å². The van der Waals surface area contributed by atoms with Gasteiger partial charge in [0.2, 0.25) is 0 Å². The maximum absolute atomic E-state index is 13.4. The quantitative estimate of drug-likeness (QED) is 0.837. The Labute approximate surface area is 101 Å². The maximum atomic E-state index is 13.4. The van der Waals surface area contributed by atoms with Crippen molar-refractivity contribution in [3.05, 3.63) is 58.9 Å². The predicted octanol–water partition coefficient (Wildman–Crippen LogP) is 3.57. The van der Waals surface area contributed by atoms with Crippen molar-refractivity contribution in [1.82, 2.24) is 0 Å². The van der Waals surface area contributed by atoms with Gasteiger partial charge in [-0.3, -0.25) is 0 Å². The van der Waals surface area contributed by atoms with Gasteiger partial charge in [-0.05, 0) is 48.2 Å². The van der Waals surface area contributed by atoms with Crippen LogP contribution in [0.3, 0.4) is 0 Å². The molecule has 88 valence electrons. The van der Waals surface area contributed by atoms with Gasteiger partial charge >= 0.3 is 0 Å². The Bertz CT molecular complexity index is 547. The molecule has 2 N–H and O–H groups in total. The van der Waals surface area contributed by atoms with Crippen LogP contribution in [0.5, 0.6) is 0 Å². The fourth-order valence-electron chi connectivity index (χ4n) is 2.00. The van der Waals surface area contributed by atoms with Crippen molar-refractivity contribution in [2.45, 2.75) is 20.4 Å². The van der Waals surface area contributed by atoms with E-state index < -0.39 is 0 Å². The minimum atomic E-state index is -0.224. The summed E-state index contributed by atoms with van der Waals surface area (Å²) in [6.45, 7) is 4.48. The summed E-state index contributed by atoms with van der Waals surface area (Å²) in [7, 11) is 0. The molecule has 0 fully saturated rings. The zero-order valence-corrected chi connectivity index (χ0v) is 10.1. The summed E-state index contributed by atoms with van der Waals surface area (Å²) in [4.78, 5) is 0. The van der Waals surface area contributed by atoms with Gasteiger partial charge in [-0.2, -0.15) is 0 Å². The minimum Gasteiger partial charge on any atom is -0.326 e. The number of hydrogen-bond acceptors (Lipinski definition) is 1. The van der Waals surface area contributed by atoms with Gasteiger partial charge in [0.05, 0.1) is 0 Å². The zero-order valence-electron chi connectivity index (χ0n) is 10.1. The number of aryl methyl sites for hydroxylation is 2. The van der Waals surface area contributed by atoms with Crippen LogP contribution in [0.15, 0.2) is 36.4 Å². The summed E-state index contributed by atoms with van der Waals surface area (Å²) in [5.74, 6) is -0.224. The van der Waals surface area contributed by atoms with Gasteiger partial charge in [-0.1, -0.05) is 29.8 Å². The Morgan fingerprint density at radius 2 is 1.76 bits per heavy atom. The van der Waals surface area contributed by atoms with E-state index in [1.54, 1.807) is 12.1 Å². The van der Waals surface area contributed by atoms with Crippen molar-refractivity contribution >= 4 is 0 Å². The summed E-state index contributed by atoms with van der Waals surface area (Å²) in [5.41, 5.74) is 10.9. The lowest BCUT2D eigenvalue weighted by Crippen LogP contribution is -2.00. The zero-order chi connectivity index (χ0) is 12.4. The van der Waals surface area contributed by atoms with Crippen molar-refractivity contribution in [3.63, 3.8) is 0 Å². The third kappa shape index (κ3) is 2.37. The molecule has 2 aromatic rings. The third-order valence-corrected chi connectivity index (χ3v) is 2.98. The SMILES string of the molecule is Cc1ccc(C)c(-c2cc(F)ccc2CN)c1. The first-order valence-electron chi connectivity index (χ1n) is 5.68. The molecule has 0 radical (unpaired) electrons. The van der Waals surface area contributed by atoms with Crippen LogP contribution in [-0.2, 0) is 6.54 Å². The van der Waals surface area contributed by atoms with Crippen molar-refractivity contribution in [1.29, 1.82) is 0 Å². The Morgan fingerprint density at radius 3 is 2.47 bits per heavy atom. The van der Waals surface area contributed by atoms with Crippen molar-refractivity contribution < 1.29 is 4.39 Å². The van der Waals surface area contributed by atoms with Crippen molar-refractivity contribution in [2.24, 2.45) is 5.73 Å². The van der Waals surface area contributed by atoms with Crippen LogP contribution in [0.25, 0.3) is 11.1 Å². The number of halogens is 1. The molecule has 0 saturated heterocycles. The molecule has 0 aliphatic carbocycles. The molecule has 0 atom stereocenters. The summed E-state index contributed by atoms with van der Waals surface area (Å²) < 4.78 is 13.4. The first-order valence-corrected chi connectivity index (χ1v) is 5.68. The highest BCUT2D eigenvalue weighted by Gasteiger charge is 2.08. The highest BCUT2D eigenvalue weighted by molar-refractivity contribution is 5.71. The molecule has 0 unspecified atom stereocenters. The molecule has 0 aromatic heterocycles. The molecule has 1 nitrogen and oxygen atoms in total. The fraction of sp³-hybridized carbons (Fsp3) is 0.200. The first kappa shape index (κ1) is 11.8. The molecule has 17 heavy (non-hydrogen) atoms. The van der Waals surface area contributed by atoms with Crippen LogP contribution in [-0.4, -0.2) is 0 Å². The fourth-order valence-corrected chi connectivity index (χ4v) is 2.00. The third-order valence-electron chi connectivity index (χ3n) is 2.98. The van der Waals surface area contributed by atoms with Crippen LogP contribution >= 0.6 is 0 Å². The monoisotopic (exact) mass is 229 g/mol. The van der Waals surface area contributed by atoms with E-state index in [2.05, 4.69) is 18.2 Å². The standard InChI is InChI=1S/C15H16FN/c1-10-3-4-11(2)14(7-10)15-8-13(16)6-5-12(15)9-17/h3-8H,9,17H2,1-2H3. The van der Waals surface area contributed by atoms with E-state index in [4.69, 9.17) is 5.73 Å². The van der Waals surface area contributed by atoms with E-state index >= 15 is 0 Å². The van der Waals surface area contributed by atoms with Crippen molar-refractivity contribution in [3.8, 4) is 11.1 Å². The van der Waals surface area contributed by atoms with Gasteiger partial charge in [0.1, 0.15) is 5.82 Å². The Morgan fingerprint density at radius 1 is 1.00 bits per heavy atom. The predicted molar refractivity (Wildman–Crippen MR) is 69.2 cm³/mol. The van der Waals surface area contributed by atoms with Crippen LogP contribution < -0.4 is 5.73 Å². The number of nitrogens with two attached hydrogens (primary N) is 1. The van der Waals surface area contributed by atoms with E-state index in [1.807, 2.05) is 13.8 Å². The molecular formula is C15H16FN. The molecule has 0 aliphatic heterocycles. The van der Waals surface area contributed by atoms with Crippen LogP contribution in [0.4, 0.5) is 4.39 Å². The minimum absolute atomic E-state index is 0.224. The lowest BCUT2D eigenvalue weighted by Gasteiger charge is -2.12. The van der Waals surface area contributed by atoms with Gasteiger partial charge in [0.15, 0.2) is 0 Å². The van der Waals surface area contributed by atoms with E-state index in [0.717, 1.165) is 27.8 Å². The lowest BCUT2D eigenvalue weighted by molar-refractivity contribution is 0.627. The average molecular weight is 229 g/mol. The lowest BCUT2D eigenvalue weighted by atomic mass is 9.94. The second kappa shape index (κ2) is 4.68. The van der Waals surface area contributed by atoms with Gasteiger partial charge in [0.25, 0.3) is 0 Å². The number of benzene rings is 2. The summed E-state index contributed by atoms with van der Waals surface area (Å²) >= 11 is 0. The Balaban J connectivity index is 2.66. The van der Waals surface area contributed by atoms with Crippen molar-refractivity contribution in [2.75, 3.05) is 0 Å². The van der Waals surface area contributed by atoms with Crippen LogP contribution in [0.2, 0.25) is 0 Å². The molecular weight excluding hydrogens is 213 g/mol. The summed E-state index contributed by atoms with van der Waals surface area (Å²) in [6.07, 6.45) is 0.